The molecule has 11 heteroatoms. The molecule has 0 bridgehead atoms. The Morgan fingerprint density at radius 1 is 1.25 bits per heavy atom. The number of nitriles is 1. The van der Waals surface area contributed by atoms with Crippen molar-refractivity contribution >= 4 is 34.2 Å². The number of nitrogens with zero attached hydrogens (tertiary/aromatic N) is 6. The van der Waals surface area contributed by atoms with E-state index >= 15 is 0 Å². The lowest BCUT2D eigenvalue weighted by atomic mass is 10.0. The van der Waals surface area contributed by atoms with Gasteiger partial charge in [0.2, 0.25) is 0 Å². The number of amides is 1. The fraction of sp³-hybridized carbons (Fsp3) is 0.412. The normalized spacial score (nSPS) is 19.3. The number of nitro benzene ring substituents is 1. The zero-order chi connectivity index (χ0) is 19.8. The van der Waals surface area contributed by atoms with Crippen LogP contribution in [0.25, 0.3) is 10.8 Å². The van der Waals surface area contributed by atoms with Crippen molar-refractivity contribution in [2.45, 2.75) is 12.5 Å². The van der Waals surface area contributed by atoms with Gasteiger partial charge in [0.1, 0.15) is 6.10 Å². The molecule has 1 aromatic heterocycles. The molecular formula is C17H17N7O4. The van der Waals surface area contributed by atoms with Gasteiger partial charge in [0.15, 0.2) is 11.6 Å². The van der Waals surface area contributed by atoms with E-state index in [1.54, 1.807) is 6.07 Å². The van der Waals surface area contributed by atoms with Crippen LogP contribution in [-0.2, 0) is 4.74 Å². The predicted octanol–water partition coefficient (Wildman–Crippen LogP) is 1.17. The number of ether oxygens (including phenoxy) is 1. The second-order valence-corrected chi connectivity index (χ2v) is 6.86. The Bertz CT molecular complexity index is 999. The average Bonchev–Trinajstić information content (AvgIpc) is 3.07. The number of carbonyl (C=O) groups is 1. The summed E-state index contributed by atoms with van der Waals surface area (Å²) in [5.74, 6) is 1.01. The van der Waals surface area contributed by atoms with Gasteiger partial charge >= 0.3 is 6.09 Å². The lowest BCUT2D eigenvalue weighted by molar-refractivity contribution is -0.384. The minimum atomic E-state index is -0.821. The lowest BCUT2D eigenvalue weighted by Gasteiger charge is -2.36. The van der Waals surface area contributed by atoms with Crippen LogP contribution in [-0.4, -0.2) is 53.5 Å². The molecule has 0 spiro atoms. The molecular weight excluding hydrogens is 366 g/mol. The van der Waals surface area contributed by atoms with Crippen molar-refractivity contribution in [2.24, 2.45) is 11.7 Å². The van der Waals surface area contributed by atoms with E-state index in [0.717, 1.165) is 5.39 Å². The minimum absolute atomic E-state index is 0.0404. The maximum absolute atomic E-state index is 11.2. The van der Waals surface area contributed by atoms with Gasteiger partial charge in [-0.15, -0.1) is 10.2 Å². The fourth-order valence-electron chi connectivity index (χ4n) is 3.61. The molecule has 1 amide bonds. The van der Waals surface area contributed by atoms with Gasteiger partial charge in [-0.05, 0) is 6.07 Å². The molecule has 28 heavy (non-hydrogen) atoms. The van der Waals surface area contributed by atoms with Crippen molar-refractivity contribution in [3.05, 3.63) is 28.3 Å². The Hall–Kier alpha value is -3.68. The summed E-state index contributed by atoms with van der Waals surface area (Å²) < 4.78 is 5.06. The molecule has 144 valence electrons. The zero-order valence-electron chi connectivity index (χ0n) is 14.8. The van der Waals surface area contributed by atoms with E-state index in [1.165, 1.54) is 12.1 Å². The molecule has 1 aromatic carbocycles. The second-order valence-electron chi connectivity index (χ2n) is 6.86. The summed E-state index contributed by atoms with van der Waals surface area (Å²) in [6.45, 7) is 2.04. The first-order valence-corrected chi connectivity index (χ1v) is 8.76. The van der Waals surface area contributed by atoms with Gasteiger partial charge in [-0.25, -0.2) is 4.79 Å². The molecule has 1 atom stereocenters. The summed E-state index contributed by atoms with van der Waals surface area (Å²) >= 11 is 0. The number of rotatable bonds is 4. The molecule has 3 heterocycles. The molecule has 2 aromatic rings. The third kappa shape index (κ3) is 3.09. The van der Waals surface area contributed by atoms with Crippen molar-refractivity contribution in [3.63, 3.8) is 0 Å². The van der Waals surface area contributed by atoms with E-state index in [9.17, 15) is 14.9 Å². The van der Waals surface area contributed by atoms with Crippen LogP contribution in [0.4, 0.5) is 22.1 Å². The van der Waals surface area contributed by atoms with Crippen molar-refractivity contribution in [2.75, 3.05) is 36.0 Å². The molecule has 0 aliphatic carbocycles. The molecule has 0 saturated carbocycles. The number of non-ortho nitro benzene ring substituents is 1. The van der Waals surface area contributed by atoms with Gasteiger partial charge in [-0.1, -0.05) is 0 Å². The smallest absolute Gasteiger partial charge is 0.404 e. The topological polar surface area (TPSA) is 152 Å². The van der Waals surface area contributed by atoms with E-state index < -0.39 is 11.0 Å². The number of nitrogens with two attached hydrogens (primary N) is 1. The molecule has 2 aliphatic heterocycles. The first kappa shape index (κ1) is 17.7. The highest BCUT2D eigenvalue weighted by molar-refractivity contribution is 6.00. The largest absolute Gasteiger partial charge is 0.444 e. The summed E-state index contributed by atoms with van der Waals surface area (Å²) in [4.78, 5) is 25.6. The summed E-state index contributed by atoms with van der Waals surface area (Å²) in [6, 6.07) is 6.77. The molecule has 0 radical (unpaired) electrons. The van der Waals surface area contributed by atoms with Gasteiger partial charge in [-0.3, -0.25) is 10.1 Å². The van der Waals surface area contributed by atoms with E-state index in [4.69, 9.17) is 15.7 Å². The van der Waals surface area contributed by atoms with Crippen molar-refractivity contribution in [3.8, 4) is 6.07 Å². The average molecular weight is 383 g/mol. The zero-order valence-corrected chi connectivity index (χ0v) is 14.8. The summed E-state index contributed by atoms with van der Waals surface area (Å²) in [5, 5.41) is 30.2. The number of hydrogen-bond donors (Lipinski definition) is 1. The van der Waals surface area contributed by atoms with Gasteiger partial charge in [0.05, 0.1) is 23.5 Å². The van der Waals surface area contributed by atoms with E-state index in [-0.39, 0.29) is 17.7 Å². The standard InChI is InChI=1S/C17H17N7O4/c18-6-10-7-23(8-10)16-14-5-11(24(26)27)1-2-13(14)15(20-21-16)22-4-3-12(9-22)28-17(19)25/h1-2,5,10,12H,3-4,7-9H2,(H2,19,25). The first-order valence-electron chi connectivity index (χ1n) is 8.76. The Morgan fingerprint density at radius 2 is 1.96 bits per heavy atom. The number of fused-ring (bicyclic) bond motifs is 1. The maximum atomic E-state index is 11.2. The lowest BCUT2D eigenvalue weighted by Crippen LogP contribution is -2.46. The Morgan fingerprint density at radius 3 is 2.61 bits per heavy atom. The number of primary amides is 1. The van der Waals surface area contributed by atoms with Crippen LogP contribution in [0.2, 0.25) is 0 Å². The number of anilines is 2. The Kier molecular flexibility index (Phi) is 4.31. The van der Waals surface area contributed by atoms with Gasteiger partial charge < -0.3 is 20.3 Å². The van der Waals surface area contributed by atoms with Crippen LogP contribution >= 0.6 is 0 Å². The van der Waals surface area contributed by atoms with Crippen LogP contribution in [0.3, 0.4) is 0 Å². The predicted molar refractivity (Wildman–Crippen MR) is 98.8 cm³/mol. The monoisotopic (exact) mass is 383 g/mol. The fourth-order valence-corrected chi connectivity index (χ4v) is 3.61. The number of benzene rings is 1. The van der Waals surface area contributed by atoms with Crippen molar-refractivity contribution in [1.29, 1.82) is 5.26 Å². The quantitative estimate of drug-likeness (QED) is 0.605. The molecule has 1 unspecified atom stereocenters. The Balaban J connectivity index is 1.72. The van der Waals surface area contributed by atoms with Gasteiger partial charge in [-0.2, -0.15) is 5.26 Å². The van der Waals surface area contributed by atoms with Gasteiger partial charge in [0, 0.05) is 49.0 Å². The van der Waals surface area contributed by atoms with Crippen LogP contribution < -0.4 is 15.5 Å². The van der Waals surface area contributed by atoms with Crippen LogP contribution in [0.5, 0.6) is 0 Å². The van der Waals surface area contributed by atoms with Gasteiger partial charge in [0.25, 0.3) is 5.69 Å². The molecule has 11 nitrogen and oxygen atoms in total. The molecule has 2 saturated heterocycles. The Labute approximate surface area is 159 Å². The SMILES string of the molecule is N#CC1CN(c2nnc(N3CCC(OC(N)=O)C3)c3ccc([N+](=O)[O-])cc23)C1. The highest BCUT2D eigenvalue weighted by Crippen LogP contribution is 2.36. The summed E-state index contributed by atoms with van der Waals surface area (Å²) in [6.07, 6.45) is -0.547. The summed E-state index contributed by atoms with van der Waals surface area (Å²) in [7, 11) is 0. The third-order valence-corrected chi connectivity index (χ3v) is 5.03. The highest BCUT2D eigenvalue weighted by atomic mass is 16.6. The number of nitro groups is 1. The van der Waals surface area contributed by atoms with Crippen LogP contribution in [0, 0.1) is 27.4 Å². The molecule has 4 rings (SSSR count). The number of hydrogen-bond acceptors (Lipinski definition) is 9. The van der Waals surface area contributed by atoms with Crippen LogP contribution in [0.1, 0.15) is 6.42 Å². The van der Waals surface area contributed by atoms with Crippen molar-refractivity contribution < 1.29 is 14.5 Å². The van der Waals surface area contributed by atoms with E-state index in [0.29, 0.717) is 49.6 Å². The van der Waals surface area contributed by atoms with E-state index in [1.807, 2.05) is 9.80 Å². The third-order valence-electron chi connectivity index (χ3n) is 5.03. The molecule has 2 fully saturated rings. The second kappa shape index (κ2) is 6.80. The number of carbonyl (C=O) groups excluding carboxylic acids is 1. The molecule has 2 N–H and O–H groups in total. The maximum Gasteiger partial charge on any atom is 0.404 e. The van der Waals surface area contributed by atoms with Crippen molar-refractivity contribution in [1.82, 2.24) is 10.2 Å². The first-order chi connectivity index (χ1) is 13.5. The van der Waals surface area contributed by atoms with Crippen LogP contribution in [0.15, 0.2) is 18.2 Å². The minimum Gasteiger partial charge on any atom is -0.444 e. The molecule has 2 aliphatic rings. The number of aromatic nitrogens is 2. The highest BCUT2D eigenvalue weighted by Gasteiger charge is 2.32. The summed E-state index contributed by atoms with van der Waals surface area (Å²) in [5.41, 5.74) is 5.05. The van der Waals surface area contributed by atoms with E-state index in [2.05, 4.69) is 16.3 Å².